The third-order valence-electron chi connectivity index (χ3n) is 3.61. The van der Waals surface area contributed by atoms with Gasteiger partial charge in [0.1, 0.15) is 0 Å². The van der Waals surface area contributed by atoms with E-state index in [4.69, 9.17) is 0 Å². The van der Waals surface area contributed by atoms with Crippen molar-refractivity contribution in [1.82, 2.24) is 10.2 Å². The molecule has 2 heterocycles. The van der Waals surface area contributed by atoms with Gasteiger partial charge in [-0.2, -0.15) is 0 Å². The quantitative estimate of drug-likeness (QED) is 0.899. The van der Waals surface area contributed by atoms with Gasteiger partial charge >= 0.3 is 0 Å². The second-order valence-electron chi connectivity index (χ2n) is 5.83. The molecule has 1 unspecified atom stereocenters. The monoisotopic (exact) mass is 280 g/mol. The predicted molar refractivity (Wildman–Crippen MR) is 80.3 cm³/mol. The topological polar surface area (TPSA) is 32.3 Å². The minimum Gasteiger partial charge on any atom is -0.337 e. The summed E-state index contributed by atoms with van der Waals surface area (Å²) < 4.78 is 0. The largest absolute Gasteiger partial charge is 0.337 e. The van der Waals surface area contributed by atoms with Crippen LogP contribution in [0.15, 0.2) is 11.4 Å². The SMILES string of the molecule is Cc1ccsc1CN(CC(C)C)C(=O)C1CCNC1. The lowest BCUT2D eigenvalue weighted by atomic mass is 10.1. The van der Waals surface area contributed by atoms with E-state index < -0.39 is 0 Å². The summed E-state index contributed by atoms with van der Waals surface area (Å²) in [6.45, 7) is 9.92. The molecule has 0 spiro atoms. The Kier molecular flexibility index (Phi) is 4.99. The highest BCUT2D eigenvalue weighted by molar-refractivity contribution is 7.10. The van der Waals surface area contributed by atoms with Crippen molar-refractivity contribution < 1.29 is 4.79 Å². The molecule has 1 saturated heterocycles. The summed E-state index contributed by atoms with van der Waals surface area (Å²) in [6.07, 6.45) is 0.983. The number of aryl methyl sites for hydroxylation is 1. The zero-order valence-electron chi connectivity index (χ0n) is 12.1. The molecular formula is C15H24N2OS. The minimum absolute atomic E-state index is 0.180. The van der Waals surface area contributed by atoms with Crippen molar-refractivity contribution >= 4 is 17.2 Å². The average Bonchev–Trinajstić information content (AvgIpc) is 2.99. The van der Waals surface area contributed by atoms with E-state index in [-0.39, 0.29) is 5.92 Å². The van der Waals surface area contributed by atoms with Crippen LogP contribution in [-0.4, -0.2) is 30.4 Å². The molecule has 4 heteroatoms. The fraction of sp³-hybridized carbons (Fsp3) is 0.667. The van der Waals surface area contributed by atoms with Gasteiger partial charge in [-0.05, 0) is 42.8 Å². The second kappa shape index (κ2) is 6.53. The van der Waals surface area contributed by atoms with E-state index in [1.54, 1.807) is 11.3 Å². The minimum atomic E-state index is 0.180. The van der Waals surface area contributed by atoms with Crippen LogP contribution in [0.2, 0.25) is 0 Å². The van der Waals surface area contributed by atoms with Crippen molar-refractivity contribution in [2.24, 2.45) is 11.8 Å². The molecule has 2 rings (SSSR count). The number of carbonyl (C=O) groups excluding carboxylic acids is 1. The van der Waals surface area contributed by atoms with Crippen LogP contribution < -0.4 is 5.32 Å². The summed E-state index contributed by atoms with van der Waals surface area (Å²) in [7, 11) is 0. The molecule has 106 valence electrons. The van der Waals surface area contributed by atoms with Gasteiger partial charge in [-0.25, -0.2) is 0 Å². The third kappa shape index (κ3) is 3.80. The summed E-state index contributed by atoms with van der Waals surface area (Å²) in [5.74, 6) is 1.02. The molecule has 0 aromatic carbocycles. The Morgan fingerprint density at radius 2 is 2.37 bits per heavy atom. The van der Waals surface area contributed by atoms with Crippen LogP contribution in [0.1, 0.15) is 30.7 Å². The molecular weight excluding hydrogens is 256 g/mol. The van der Waals surface area contributed by atoms with Gasteiger partial charge in [-0.1, -0.05) is 13.8 Å². The number of hydrogen-bond acceptors (Lipinski definition) is 3. The average molecular weight is 280 g/mol. The first-order valence-corrected chi connectivity index (χ1v) is 7.98. The predicted octanol–water partition coefficient (Wildman–Crippen LogP) is 2.65. The van der Waals surface area contributed by atoms with Crippen molar-refractivity contribution in [1.29, 1.82) is 0 Å². The van der Waals surface area contributed by atoms with Gasteiger partial charge < -0.3 is 10.2 Å². The van der Waals surface area contributed by atoms with Crippen molar-refractivity contribution in [3.8, 4) is 0 Å². The Hall–Kier alpha value is -0.870. The Morgan fingerprint density at radius 1 is 1.58 bits per heavy atom. The summed E-state index contributed by atoms with van der Waals surface area (Å²) >= 11 is 1.76. The van der Waals surface area contributed by atoms with Crippen molar-refractivity contribution in [2.45, 2.75) is 33.7 Å². The summed E-state index contributed by atoms with van der Waals surface area (Å²) in [5.41, 5.74) is 1.30. The lowest BCUT2D eigenvalue weighted by Crippen LogP contribution is -2.38. The Morgan fingerprint density at radius 3 is 2.89 bits per heavy atom. The van der Waals surface area contributed by atoms with E-state index in [0.29, 0.717) is 11.8 Å². The van der Waals surface area contributed by atoms with Gasteiger partial charge in [-0.15, -0.1) is 11.3 Å². The molecule has 0 saturated carbocycles. The Balaban J connectivity index is 2.06. The molecule has 1 aliphatic rings. The first kappa shape index (κ1) is 14.5. The Labute approximate surface area is 120 Å². The highest BCUT2D eigenvalue weighted by atomic mass is 32.1. The molecule has 3 nitrogen and oxygen atoms in total. The maximum Gasteiger partial charge on any atom is 0.227 e. The van der Waals surface area contributed by atoms with Crippen LogP contribution >= 0.6 is 11.3 Å². The van der Waals surface area contributed by atoms with E-state index in [1.165, 1.54) is 10.4 Å². The van der Waals surface area contributed by atoms with Crippen LogP contribution in [0.25, 0.3) is 0 Å². The van der Waals surface area contributed by atoms with E-state index >= 15 is 0 Å². The molecule has 1 N–H and O–H groups in total. The summed E-state index contributed by atoms with van der Waals surface area (Å²) in [6, 6.07) is 2.13. The lowest BCUT2D eigenvalue weighted by molar-refractivity contribution is -0.136. The molecule has 0 radical (unpaired) electrons. The van der Waals surface area contributed by atoms with Gasteiger partial charge in [-0.3, -0.25) is 4.79 Å². The van der Waals surface area contributed by atoms with Gasteiger partial charge in [0.15, 0.2) is 0 Å². The maximum atomic E-state index is 12.6. The number of nitrogens with one attached hydrogen (secondary N) is 1. The van der Waals surface area contributed by atoms with E-state index in [0.717, 1.165) is 32.6 Å². The molecule has 1 fully saturated rings. The molecule has 1 aromatic heterocycles. The molecule has 0 bridgehead atoms. The van der Waals surface area contributed by atoms with Gasteiger partial charge in [0.2, 0.25) is 5.91 Å². The first-order valence-electron chi connectivity index (χ1n) is 7.10. The van der Waals surface area contributed by atoms with Crippen LogP contribution in [0.3, 0.4) is 0 Å². The lowest BCUT2D eigenvalue weighted by Gasteiger charge is -2.27. The number of thiophene rings is 1. The van der Waals surface area contributed by atoms with Crippen molar-refractivity contribution in [2.75, 3.05) is 19.6 Å². The third-order valence-corrected chi connectivity index (χ3v) is 4.62. The number of rotatable bonds is 5. The standard InChI is InChI=1S/C15H24N2OS/c1-11(2)9-17(10-14-12(3)5-7-19-14)15(18)13-4-6-16-8-13/h5,7,11,13,16H,4,6,8-10H2,1-3H3. The van der Waals surface area contributed by atoms with E-state index in [1.807, 2.05) is 0 Å². The van der Waals surface area contributed by atoms with Crippen LogP contribution in [-0.2, 0) is 11.3 Å². The second-order valence-corrected chi connectivity index (χ2v) is 6.83. The van der Waals surface area contributed by atoms with Crippen molar-refractivity contribution in [3.63, 3.8) is 0 Å². The van der Waals surface area contributed by atoms with E-state index in [2.05, 4.69) is 42.4 Å². The van der Waals surface area contributed by atoms with Crippen LogP contribution in [0, 0.1) is 18.8 Å². The fourth-order valence-corrected chi connectivity index (χ4v) is 3.46. The van der Waals surface area contributed by atoms with Crippen molar-refractivity contribution in [3.05, 3.63) is 21.9 Å². The normalized spacial score (nSPS) is 19.1. The van der Waals surface area contributed by atoms with Crippen LogP contribution in [0.5, 0.6) is 0 Å². The van der Waals surface area contributed by atoms with Gasteiger partial charge in [0, 0.05) is 18.0 Å². The molecule has 1 atom stereocenters. The highest BCUT2D eigenvalue weighted by Gasteiger charge is 2.27. The smallest absolute Gasteiger partial charge is 0.227 e. The summed E-state index contributed by atoms with van der Waals surface area (Å²) in [4.78, 5) is 16.0. The zero-order chi connectivity index (χ0) is 13.8. The number of nitrogens with zero attached hydrogens (tertiary/aromatic N) is 1. The number of hydrogen-bond donors (Lipinski definition) is 1. The Bertz CT molecular complexity index is 422. The molecule has 0 aliphatic carbocycles. The van der Waals surface area contributed by atoms with E-state index in [9.17, 15) is 4.79 Å². The molecule has 1 aliphatic heterocycles. The zero-order valence-corrected chi connectivity index (χ0v) is 12.9. The highest BCUT2D eigenvalue weighted by Crippen LogP contribution is 2.21. The number of carbonyl (C=O) groups is 1. The van der Waals surface area contributed by atoms with Crippen LogP contribution in [0.4, 0.5) is 0 Å². The molecule has 19 heavy (non-hydrogen) atoms. The molecule has 1 aromatic rings. The first-order chi connectivity index (χ1) is 9.08. The molecule has 1 amide bonds. The number of amides is 1. The summed E-state index contributed by atoms with van der Waals surface area (Å²) in [5, 5.41) is 5.40. The fourth-order valence-electron chi connectivity index (χ4n) is 2.54. The van der Waals surface area contributed by atoms with Gasteiger partial charge in [0.05, 0.1) is 12.5 Å². The van der Waals surface area contributed by atoms with Gasteiger partial charge in [0.25, 0.3) is 0 Å². The maximum absolute atomic E-state index is 12.6.